The van der Waals surface area contributed by atoms with Crippen LogP contribution >= 0.6 is 11.6 Å². The number of rotatable bonds is 3. The van der Waals surface area contributed by atoms with Crippen LogP contribution in [0.15, 0.2) is 17.0 Å². The molecule has 1 aromatic carbocycles. The van der Waals surface area contributed by atoms with Gasteiger partial charge in [-0.05, 0) is 25.0 Å². The molecule has 1 aliphatic carbocycles. The molecular weight excluding hydrogens is 255 g/mol. The Kier molecular flexibility index (Phi) is 2.81. The maximum atomic E-state index is 13.5. The Bertz CT molecular complexity index is 529. The summed E-state index contributed by atoms with van der Waals surface area (Å²) >= 11 is 5.53. The lowest BCUT2D eigenvalue weighted by Crippen LogP contribution is -2.26. The highest BCUT2D eigenvalue weighted by atomic mass is 35.5. The molecule has 0 heterocycles. The maximum Gasteiger partial charge on any atom is 0.243 e. The molecule has 0 radical (unpaired) electrons. The van der Waals surface area contributed by atoms with E-state index in [4.69, 9.17) is 17.3 Å². The summed E-state index contributed by atoms with van der Waals surface area (Å²) in [5.74, 6) is -0.969. The molecule has 2 rings (SSSR count). The molecule has 7 heteroatoms. The largest absolute Gasteiger partial charge is 0.399 e. The molecule has 0 saturated heterocycles. The Hall–Kier alpha value is -0.850. The van der Waals surface area contributed by atoms with Crippen molar-refractivity contribution in [1.29, 1.82) is 0 Å². The first kappa shape index (κ1) is 11.6. The summed E-state index contributed by atoms with van der Waals surface area (Å²) < 4.78 is 39.4. The van der Waals surface area contributed by atoms with E-state index >= 15 is 0 Å². The molecule has 0 unspecified atom stereocenters. The summed E-state index contributed by atoms with van der Waals surface area (Å²) in [6, 6.07) is 2.14. The number of anilines is 1. The second kappa shape index (κ2) is 3.87. The standard InChI is InChI=1S/C9H10ClFN2O2S/c10-7-3-5(12)4-8(9(7)11)16(14,15)13-6-1-2-6/h3-4,6,13H,1-2,12H2. The van der Waals surface area contributed by atoms with Crippen LogP contribution < -0.4 is 10.5 Å². The van der Waals surface area contributed by atoms with Crippen LogP contribution in [-0.4, -0.2) is 14.5 Å². The van der Waals surface area contributed by atoms with Crippen molar-refractivity contribution in [2.24, 2.45) is 0 Å². The number of nitrogens with one attached hydrogen (secondary N) is 1. The molecule has 0 aromatic heterocycles. The van der Waals surface area contributed by atoms with Gasteiger partial charge in [0.25, 0.3) is 0 Å². The zero-order chi connectivity index (χ0) is 11.9. The minimum absolute atomic E-state index is 0.0930. The van der Waals surface area contributed by atoms with Gasteiger partial charge in [0, 0.05) is 11.7 Å². The summed E-state index contributed by atoms with van der Waals surface area (Å²) in [5, 5.41) is -0.295. The van der Waals surface area contributed by atoms with Gasteiger partial charge in [0.15, 0.2) is 5.82 Å². The fourth-order valence-corrected chi connectivity index (χ4v) is 2.99. The van der Waals surface area contributed by atoms with Crippen molar-refractivity contribution >= 4 is 27.3 Å². The molecular formula is C9H10ClFN2O2S. The lowest BCUT2D eigenvalue weighted by atomic mass is 10.3. The molecule has 88 valence electrons. The number of hydrogen-bond acceptors (Lipinski definition) is 3. The van der Waals surface area contributed by atoms with E-state index in [1.54, 1.807) is 0 Å². The van der Waals surface area contributed by atoms with Gasteiger partial charge in [-0.3, -0.25) is 0 Å². The Morgan fingerprint density at radius 2 is 2.06 bits per heavy atom. The van der Waals surface area contributed by atoms with Gasteiger partial charge < -0.3 is 5.73 Å². The molecule has 1 aromatic rings. The minimum Gasteiger partial charge on any atom is -0.399 e. The smallest absolute Gasteiger partial charge is 0.243 e. The number of hydrogen-bond donors (Lipinski definition) is 2. The highest BCUT2D eigenvalue weighted by Crippen LogP contribution is 2.28. The van der Waals surface area contributed by atoms with Crippen molar-refractivity contribution in [2.45, 2.75) is 23.8 Å². The second-order valence-corrected chi connectivity index (χ2v) is 5.80. The second-order valence-electron chi connectivity index (χ2n) is 3.71. The minimum atomic E-state index is -3.86. The summed E-state index contributed by atoms with van der Waals surface area (Å²) in [6.45, 7) is 0. The number of sulfonamides is 1. The summed E-state index contributed by atoms with van der Waals surface area (Å²) in [7, 11) is -3.86. The van der Waals surface area contributed by atoms with Gasteiger partial charge in [-0.2, -0.15) is 0 Å². The van der Waals surface area contributed by atoms with Crippen LogP contribution in [0.3, 0.4) is 0 Å². The summed E-state index contributed by atoms with van der Waals surface area (Å²) in [5.41, 5.74) is 5.54. The lowest BCUT2D eigenvalue weighted by molar-refractivity contribution is 0.557. The first-order valence-corrected chi connectivity index (χ1v) is 6.53. The van der Waals surface area contributed by atoms with Gasteiger partial charge in [0.2, 0.25) is 10.0 Å². The van der Waals surface area contributed by atoms with Gasteiger partial charge in [-0.25, -0.2) is 17.5 Å². The fourth-order valence-electron chi connectivity index (χ4n) is 1.26. The molecule has 3 N–H and O–H groups in total. The molecule has 1 aliphatic rings. The molecule has 0 amide bonds. The predicted octanol–water partition coefficient (Wildman–Crippen LogP) is 1.50. The zero-order valence-electron chi connectivity index (χ0n) is 8.20. The van der Waals surface area contributed by atoms with E-state index in [0.717, 1.165) is 18.9 Å². The third-order valence-electron chi connectivity index (χ3n) is 2.21. The molecule has 0 aliphatic heterocycles. The van der Waals surface area contributed by atoms with Gasteiger partial charge in [-0.15, -0.1) is 0 Å². The highest BCUT2D eigenvalue weighted by Gasteiger charge is 2.30. The third-order valence-corrected chi connectivity index (χ3v) is 4.00. The van der Waals surface area contributed by atoms with Crippen molar-refractivity contribution in [2.75, 3.05) is 5.73 Å². The van der Waals surface area contributed by atoms with Crippen molar-refractivity contribution in [3.8, 4) is 0 Å². The highest BCUT2D eigenvalue weighted by molar-refractivity contribution is 7.89. The quantitative estimate of drug-likeness (QED) is 0.813. The molecule has 0 bridgehead atoms. The van der Waals surface area contributed by atoms with E-state index in [1.807, 2.05) is 0 Å². The van der Waals surface area contributed by atoms with Crippen molar-refractivity contribution < 1.29 is 12.8 Å². The van der Waals surface area contributed by atoms with Crippen molar-refractivity contribution in [3.63, 3.8) is 0 Å². The van der Waals surface area contributed by atoms with Crippen LogP contribution in [0.5, 0.6) is 0 Å². The van der Waals surface area contributed by atoms with E-state index in [2.05, 4.69) is 4.72 Å². The molecule has 1 fully saturated rings. The van der Waals surface area contributed by atoms with Crippen LogP contribution in [0.1, 0.15) is 12.8 Å². The summed E-state index contributed by atoms with van der Waals surface area (Å²) in [4.78, 5) is -0.496. The lowest BCUT2D eigenvalue weighted by Gasteiger charge is -2.08. The van der Waals surface area contributed by atoms with Gasteiger partial charge in [0.05, 0.1) is 5.02 Å². The van der Waals surface area contributed by atoms with E-state index in [9.17, 15) is 12.8 Å². The summed E-state index contributed by atoms with van der Waals surface area (Å²) in [6.07, 6.45) is 1.55. The van der Waals surface area contributed by atoms with Crippen LogP contribution in [0.25, 0.3) is 0 Å². The Balaban J connectivity index is 2.45. The molecule has 0 spiro atoms. The average molecular weight is 265 g/mol. The first-order chi connectivity index (χ1) is 7.40. The van der Waals surface area contributed by atoms with Crippen LogP contribution in [-0.2, 0) is 10.0 Å². The Morgan fingerprint density at radius 1 is 1.44 bits per heavy atom. The van der Waals surface area contributed by atoms with Crippen LogP contribution in [0.4, 0.5) is 10.1 Å². The molecule has 1 saturated carbocycles. The first-order valence-electron chi connectivity index (χ1n) is 4.67. The van der Waals surface area contributed by atoms with E-state index in [-0.39, 0.29) is 16.8 Å². The van der Waals surface area contributed by atoms with Crippen molar-refractivity contribution in [1.82, 2.24) is 4.72 Å². The maximum absolute atomic E-state index is 13.5. The molecule has 0 atom stereocenters. The van der Waals surface area contributed by atoms with Crippen LogP contribution in [0, 0.1) is 5.82 Å². The van der Waals surface area contributed by atoms with Gasteiger partial charge >= 0.3 is 0 Å². The van der Waals surface area contributed by atoms with E-state index < -0.39 is 20.7 Å². The number of benzene rings is 1. The molecule has 4 nitrogen and oxygen atoms in total. The van der Waals surface area contributed by atoms with Crippen LogP contribution in [0.2, 0.25) is 5.02 Å². The normalized spacial score (nSPS) is 16.4. The SMILES string of the molecule is Nc1cc(Cl)c(F)c(S(=O)(=O)NC2CC2)c1. The van der Waals surface area contributed by atoms with Crippen molar-refractivity contribution in [3.05, 3.63) is 23.0 Å². The number of halogens is 2. The monoisotopic (exact) mass is 264 g/mol. The Morgan fingerprint density at radius 3 is 2.62 bits per heavy atom. The number of nitrogen functional groups attached to an aromatic ring is 1. The van der Waals surface area contributed by atoms with E-state index in [1.165, 1.54) is 6.07 Å². The average Bonchev–Trinajstić information content (AvgIpc) is 2.94. The third kappa shape index (κ3) is 2.28. The number of nitrogens with two attached hydrogens (primary N) is 1. The van der Waals surface area contributed by atoms with Gasteiger partial charge in [0.1, 0.15) is 4.90 Å². The zero-order valence-corrected chi connectivity index (χ0v) is 9.78. The Labute approximate surface area is 97.6 Å². The topological polar surface area (TPSA) is 72.2 Å². The van der Waals surface area contributed by atoms with Gasteiger partial charge in [-0.1, -0.05) is 11.6 Å². The van der Waals surface area contributed by atoms with E-state index in [0.29, 0.717) is 0 Å². The fraction of sp³-hybridized carbons (Fsp3) is 0.333. The molecule has 16 heavy (non-hydrogen) atoms. The predicted molar refractivity (Wildman–Crippen MR) is 59.2 cm³/mol.